The van der Waals surface area contributed by atoms with E-state index in [-0.39, 0.29) is 5.97 Å². The molecule has 0 atom stereocenters. The van der Waals surface area contributed by atoms with Crippen LogP contribution >= 0.6 is 0 Å². The number of carbonyl (C=O) groups excluding carboxylic acids is 1. The second kappa shape index (κ2) is 16.3. The summed E-state index contributed by atoms with van der Waals surface area (Å²) in [7, 11) is 0. The zero-order valence-corrected chi connectivity index (χ0v) is 13.7. The minimum Gasteiger partial charge on any atom is -0.466 e. The van der Waals surface area contributed by atoms with Gasteiger partial charge in [0, 0.05) is 6.42 Å². The fourth-order valence-electron chi connectivity index (χ4n) is 2.04. The van der Waals surface area contributed by atoms with E-state index in [0.29, 0.717) is 13.0 Å². The molecule has 2 heteroatoms. The standard InChI is InChI=1S/C18H34O2/c1-3-5-7-8-9-10-11-12-13-14-15-16-18(19)20-17-6-4-2/h10-11H,3-9,12-17H2,1-2H3/b11-10-. The van der Waals surface area contributed by atoms with Gasteiger partial charge in [-0.05, 0) is 38.5 Å². The summed E-state index contributed by atoms with van der Waals surface area (Å²) < 4.78 is 5.12. The summed E-state index contributed by atoms with van der Waals surface area (Å²) in [6.45, 7) is 4.94. The largest absolute Gasteiger partial charge is 0.466 e. The molecule has 2 nitrogen and oxygen atoms in total. The van der Waals surface area contributed by atoms with Crippen molar-refractivity contribution in [2.45, 2.75) is 90.9 Å². The fraction of sp³-hybridized carbons (Fsp3) is 0.833. The SMILES string of the molecule is CCCCCC/C=C\CCCCCC(=O)OCCCC. The average Bonchev–Trinajstić information content (AvgIpc) is 2.45. The van der Waals surface area contributed by atoms with Crippen LogP contribution in [0.3, 0.4) is 0 Å². The molecule has 0 aromatic carbocycles. The maximum absolute atomic E-state index is 11.3. The fourth-order valence-corrected chi connectivity index (χ4v) is 2.04. The Morgan fingerprint density at radius 3 is 2.00 bits per heavy atom. The van der Waals surface area contributed by atoms with E-state index in [1.54, 1.807) is 0 Å². The first kappa shape index (κ1) is 19.2. The summed E-state index contributed by atoms with van der Waals surface area (Å²) in [6.07, 6.45) is 18.3. The van der Waals surface area contributed by atoms with E-state index in [4.69, 9.17) is 4.74 Å². The average molecular weight is 282 g/mol. The van der Waals surface area contributed by atoms with E-state index < -0.39 is 0 Å². The predicted molar refractivity (Wildman–Crippen MR) is 86.9 cm³/mol. The molecule has 0 saturated carbocycles. The Kier molecular flexibility index (Phi) is 15.6. The third-order valence-corrected chi connectivity index (χ3v) is 3.40. The lowest BCUT2D eigenvalue weighted by Crippen LogP contribution is -2.05. The van der Waals surface area contributed by atoms with Crippen LogP contribution in [0.5, 0.6) is 0 Å². The molecular weight excluding hydrogens is 248 g/mol. The third-order valence-electron chi connectivity index (χ3n) is 3.40. The number of carbonyl (C=O) groups is 1. The van der Waals surface area contributed by atoms with E-state index >= 15 is 0 Å². The number of rotatable bonds is 14. The highest BCUT2D eigenvalue weighted by molar-refractivity contribution is 5.69. The van der Waals surface area contributed by atoms with Gasteiger partial charge in [-0.25, -0.2) is 0 Å². The monoisotopic (exact) mass is 282 g/mol. The first-order valence-corrected chi connectivity index (χ1v) is 8.61. The van der Waals surface area contributed by atoms with Crippen molar-refractivity contribution in [2.75, 3.05) is 6.61 Å². The molecule has 0 radical (unpaired) electrons. The van der Waals surface area contributed by atoms with Gasteiger partial charge in [-0.1, -0.05) is 58.1 Å². The summed E-state index contributed by atoms with van der Waals surface area (Å²) >= 11 is 0. The van der Waals surface area contributed by atoms with Gasteiger partial charge in [0.1, 0.15) is 0 Å². The van der Waals surface area contributed by atoms with Crippen LogP contribution in [-0.4, -0.2) is 12.6 Å². The zero-order valence-electron chi connectivity index (χ0n) is 13.7. The molecule has 0 aromatic heterocycles. The van der Waals surface area contributed by atoms with E-state index in [1.807, 2.05) is 0 Å². The van der Waals surface area contributed by atoms with Crippen LogP contribution in [0.2, 0.25) is 0 Å². The quantitative estimate of drug-likeness (QED) is 0.228. The molecule has 0 amide bonds. The Hall–Kier alpha value is -0.790. The Morgan fingerprint density at radius 2 is 1.40 bits per heavy atom. The summed E-state index contributed by atoms with van der Waals surface area (Å²) in [6, 6.07) is 0. The molecule has 0 aliphatic carbocycles. The second-order valence-corrected chi connectivity index (χ2v) is 5.49. The minimum atomic E-state index is -0.0232. The van der Waals surface area contributed by atoms with Crippen LogP contribution in [-0.2, 0) is 9.53 Å². The number of esters is 1. The normalized spacial score (nSPS) is 11.1. The lowest BCUT2D eigenvalue weighted by molar-refractivity contribution is -0.143. The van der Waals surface area contributed by atoms with E-state index in [1.165, 1.54) is 38.5 Å². The van der Waals surface area contributed by atoms with E-state index in [2.05, 4.69) is 26.0 Å². The summed E-state index contributed by atoms with van der Waals surface area (Å²) in [5.41, 5.74) is 0. The van der Waals surface area contributed by atoms with Crippen LogP contribution < -0.4 is 0 Å². The van der Waals surface area contributed by atoms with E-state index in [0.717, 1.165) is 32.1 Å². The highest BCUT2D eigenvalue weighted by atomic mass is 16.5. The maximum Gasteiger partial charge on any atom is 0.305 e. The summed E-state index contributed by atoms with van der Waals surface area (Å²) in [5, 5.41) is 0. The molecule has 0 aliphatic rings. The molecule has 0 saturated heterocycles. The number of ether oxygens (including phenoxy) is 1. The first-order valence-electron chi connectivity index (χ1n) is 8.61. The lowest BCUT2D eigenvalue weighted by Gasteiger charge is -2.03. The van der Waals surface area contributed by atoms with Crippen LogP contribution in [0.4, 0.5) is 0 Å². The Labute approximate surface area is 126 Å². The number of unbranched alkanes of at least 4 members (excludes halogenated alkanes) is 8. The molecule has 0 spiro atoms. The van der Waals surface area contributed by atoms with Crippen molar-refractivity contribution in [2.24, 2.45) is 0 Å². The van der Waals surface area contributed by atoms with Gasteiger partial charge in [-0.15, -0.1) is 0 Å². The number of hydrogen-bond acceptors (Lipinski definition) is 2. The molecule has 0 unspecified atom stereocenters. The third kappa shape index (κ3) is 15.3. The van der Waals surface area contributed by atoms with Crippen molar-refractivity contribution in [3.8, 4) is 0 Å². The van der Waals surface area contributed by atoms with Gasteiger partial charge in [-0.2, -0.15) is 0 Å². The van der Waals surface area contributed by atoms with Crippen LogP contribution in [0, 0.1) is 0 Å². The maximum atomic E-state index is 11.3. The van der Waals surface area contributed by atoms with E-state index in [9.17, 15) is 4.79 Å². The number of allylic oxidation sites excluding steroid dienone is 2. The Morgan fingerprint density at radius 1 is 0.800 bits per heavy atom. The lowest BCUT2D eigenvalue weighted by atomic mass is 10.1. The van der Waals surface area contributed by atoms with Crippen molar-refractivity contribution in [3.63, 3.8) is 0 Å². The molecule has 0 aromatic rings. The smallest absolute Gasteiger partial charge is 0.305 e. The van der Waals surface area contributed by atoms with Gasteiger partial charge >= 0.3 is 5.97 Å². The van der Waals surface area contributed by atoms with Crippen molar-refractivity contribution in [3.05, 3.63) is 12.2 Å². The van der Waals surface area contributed by atoms with Crippen LogP contribution in [0.25, 0.3) is 0 Å². The Bertz CT molecular complexity index is 234. The van der Waals surface area contributed by atoms with Crippen LogP contribution in [0.15, 0.2) is 12.2 Å². The zero-order chi connectivity index (χ0) is 14.9. The summed E-state index contributed by atoms with van der Waals surface area (Å²) in [4.78, 5) is 11.3. The van der Waals surface area contributed by atoms with Crippen molar-refractivity contribution < 1.29 is 9.53 Å². The molecule has 0 bridgehead atoms. The van der Waals surface area contributed by atoms with Crippen molar-refractivity contribution in [1.29, 1.82) is 0 Å². The molecule has 0 rings (SSSR count). The number of hydrogen-bond donors (Lipinski definition) is 0. The molecule has 0 N–H and O–H groups in total. The topological polar surface area (TPSA) is 26.3 Å². The Balaban J connectivity index is 3.19. The van der Waals surface area contributed by atoms with Gasteiger partial charge in [-0.3, -0.25) is 4.79 Å². The van der Waals surface area contributed by atoms with Gasteiger partial charge in [0.25, 0.3) is 0 Å². The second-order valence-electron chi connectivity index (χ2n) is 5.49. The molecule has 118 valence electrons. The first-order chi connectivity index (χ1) is 9.81. The molecule has 20 heavy (non-hydrogen) atoms. The van der Waals surface area contributed by atoms with Crippen molar-refractivity contribution in [1.82, 2.24) is 0 Å². The van der Waals surface area contributed by atoms with Crippen molar-refractivity contribution >= 4 is 5.97 Å². The van der Waals surface area contributed by atoms with Crippen LogP contribution in [0.1, 0.15) is 90.9 Å². The highest BCUT2D eigenvalue weighted by Gasteiger charge is 2.01. The minimum absolute atomic E-state index is 0.0232. The molecule has 0 fully saturated rings. The van der Waals surface area contributed by atoms with Gasteiger partial charge < -0.3 is 4.74 Å². The summed E-state index contributed by atoms with van der Waals surface area (Å²) in [5.74, 6) is -0.0232. The molecule has 0 aliphatic heterocycles. The molecule has 0 heterocycles. The predicted octanol–water partition coefficient (Wildman–Crippen LogP) is 5.81. The van der Waals surface area contributed by atoms with Gasteiger partial charge in [0.2, 0.25) is 0 Å². The van der Waals surface area contributed by atoms with Gasteiger partial charge in [0.15, 0.2) is 0 Å². The van der Waals surface area contributed by atoms with Gasteiger partial charge in [0.05, 0.1) is 6.61 Å². The highest BCUT2D eigenvalue weighted by Crippen LogP contribution is 2.07. The molecular formula is C18H34O2.